The van der Waals surface area contributed by atoms with Gasteiger partial charge in [0.25, 0.3) is 21.6 Å². The van der Waals surface area contributed by atoms with E-state index in [0.717, 1.165) is 16.4 Å². The van der Waals surface area contributed by atoms with Crippen LogP contribution in [-0.2, 0) is 14.8 Å². The van der Waals surface area contributed by atoms with Gasteiger partial charge in [-0.1, -0.05) is 30.3 Å². The normalized spacial score (nSPS) is 11.2. The standard InChI is InChI=1S/C20H17N5O5S/c26-20(23-22-14-16-10-12-21-13-11-16)15-24(17-6-2-1-3-7-17)31(29,30)19-9-5-4-8-18(19)25(27)28/h1-14H,15H2,(H,23,26)/b22-14-. The predicted molar refractivity (Wildman–Crippen MR) is 114 cm³/mol. The van der Waals surface area contributed by atoms with Crippen molar-refractivity contribution >= 4 is 33.5 Å². The monoisotopic (exact) mass is 439 g/mol. The summed E-state index contributed by atoms with van der Waals surface area (Å²) in [6.07, 6.45) is 4.49. The van der Waals surface area contributed by atoms with Gasteiger partial charge in [0.15, 0.2) is 4.90 Å². The van der Waals surface area contributed by atoms with E-state index in [1.165, 1.54) is 30.5 Å². The van der Waals surface area contributed by atoms with Gasteiger partial charge in [-0.3, -0.25) is 24.2 Å². The molecule has 2 aromatic carbocycles. The highest BCUT2D eigenvalue weighted by molar-refractivity contribution is 7.93. The van der Waals surface area contributed by atoms with Crippen LogP contribution in [-0.4, -0.2) is 37.0 Å². The van der Waals surface area contributed by atoms with Crippen LogP contribution < -0.4 is 9.73 Å². The van der Waals surface area contributed by atoms with Crippen LogP contribution in [0.4, 0.5) is 11.4 Å². The van der Waals surface area contributed by atoms with E-state index in [0.29, 0.717) is 5.56 Å². The highest BCUT2D eigenvalue weighted by Gasteiger charge is 2.32. The van der Waals surface area contributed by atoms with Crippen molar-refractivity contribution in [3.05, 3.63) is 94.8 Å². The molecule has 0 aliphatic heterocycles. The summed E-state index contributed by atoms with van der Waals surface area (Å²) in [5.41, 5.74) is 2.54. The molecule has 0 radical (unpaired) electrons. The first-order chi connectivity index (χ1) is 14.9. The molecule has 0 spiro atoms. The molecule has 3 aromatic rings. The first-order valence-electron chi connectivity index (χ1n) is 8.93. The maximum absolute atomic E-state index is 13.3. The summed E-state index contributed by atoms with van der Waals surface area (Å²) in [5, 5.41) is 15.2. The van der Waals surface area contributed by atoms with Gasteiger partial charge in [0.05, 0.1) is 16.8 Å². The number of benzene rings is 2. The smallest absolute Gasteiger partial charge is 0.271 e. The molecule has 10 nitrogen and oxygen atoms in total. The summed E-state index contributed by atoms with van der Waals surface area (Å²) >= 11 is 0. The molecule has 0 saturated carbocycles. The Bertz CT molecular complexity index is 1200. The van der Waals surface area contributed by atoms with E-state index >= 15 is 0 Å². The number of anilines is 1. The van der Waals surface area contributed by atoms with Crippen LogP contribution in [0.3, 0.4) is 0 Å². The fraction of sp³-hybridized carbons (Fsp3) is 0.0500. The zero-order chi connectivity index (χ0) is 22.3. The molecule has 3 rings (SSSR count). The zero-order valence-electron chi connectivity index (χ0n) is 16.0. The number of para-hydroxylation sites is 2. The first-order valence-corrected chi connectivity index (χ1v) is 10.4. The van der Waals surface area contributed by atoms with Crippen molar-refractivity contribution in [2.75, 3.05) is 10.8 Å². The van der Waals surface area contributed by atoms with Gasteiger partial charge in [0, 0.05) is 18.5 Å². The van der Waals surface area contributed by atoms with Crippen LogP contribution in [0, 0.1) is 10.1 Å². The Morgan fingerprint density at radius 2 is 1.71 bits per heavy atom. The summed E-state index contributed by atoms with van der Waals surface area (Å²) in [5.74, 6) is -0.726. The lowest BCUT2D eigenvalue weighted by atomic mass is 10.3. The van der Waals surface area contributed by atoms with Crippen LogP contribution >= 0.6 is 0 Å². The van der Waals surface area contributed by atoms with Crippen molar-refractivity contribution < 1.29 is 18.1 Å². The van der Waals surface area contributed by atoms with E-state index in [1.54, 1.807) is 42.7 Å². The summed E-state index contributed by atoms with van der Waals surface area (Å²) in [4.78, 5) is 26.3. The van der Waals surface area contributed by atoms with E-state index in [4.69, 9.17) is 0 Å². The molecular formula is C20H17N5O5S. The van der Waals surface area contributed by atoms with Crippen molar-refractivity contribution in [2.45, 2.75) is 4.90 Å². The Morgan fingerprint density at radius 1 is 1.06 bits per heavy atom. The second-order valence-corrected chi connectivity index (χ2v) is 7.98. The Hall–Kier alpha value is -4.12. The number of sulfonamides is 1. The van der Waals surface area contributed by atoms with Crippen LogP contribution in [0.5, 0.6) is 0 Å². The number of hydrogen-bond acceptors (Lipinski definition) is 7. The van der Waals surface area contributed by atoms with Gasteiger partial charge in [-0.05, 0) is 35.9 Å². The zero-order valence-corrected chi connectivity index (χ0v) is 16.8. The molecule has 1 heterocycles. The number of hydrogen-bond donors (Lipinski definition) is 1. The lowest BCUT2D eigenvalue weighted by molar-refractivity contribution is -0.387. The average molecular weight is 439 g/mol. The van der Waals surface area contributed by atoms with Crippen LogP contribution in [0.1, 0.15) is 5.56 Å². The van der Waals surface area contributed by atoms with E-state index < -0.39 is 38.0 Å². The van der Waals surface area contributed by atoms with Gasteiger partial charge in [-0.25, -0.2) is 13.8 Å². The Kier molecular flexibility index (Phi) is 6.67. The second-order valence-electron chi connectivity index (χ2n) is 6.15. The molecule has 158 valence electrons. The lowest BCUT2D eigenvalue weighted by Crippen LogP contribution is -2.39. The minimum absolute atomic E-state index is 0.175. The number of nitrogens with zero attached hydrogens (tertiary/aromatic N) is 4. The number of amides is 1. The van der Waals surface area contributed by atoms with Crippen molar-refractivity contribution in [3.8, 4) is 0 Å². The molecule has 0 atom stereocenters. The number of pyridine rings is 1. The molecule has 1 N–H and O–H groups in total. The van der Waals surface area contributed by atoms with Crippen molar-refractivity contribution in [2.24, 2.45) is 5.10 Å². The molecule has 0 fully saturated rings. The molecule has 0 bridgehead atoms. The lowest BCUT2D eigenvalue weighted by Gasteiger charge is -2.23. The van der Waals surface area contributed by atoms with Gasteiger partial charge < -0.3 is 0 Å². The maximum atomic E-state index is 13.3. The van der Waals surface area contributed by atoms with Crippen LogP contribution in [0.2, 0.25) is 0 Å². The van der Waals surface area contributed by atoms with Gasteiger partial charge in [0.1, 0.15) is 6.54 Å². The summed E-state index contributed by atoms with van der Waals surface area (Å²) in [6.45, 7) is -0.633. The number of nitro benzene ring substituents is 1. The molecular weight excluding hydrogens is 422 g/mol. The molecule has 31 heavy (non-hydrogen) atoms. The number of aromatic nitrogens is 1. The first kappa shape index (κ1) is 21.6. The number of nitro groups is 1. The molecule has 11 heteroatoms. The van der Waals surface area contributed by atoms with Gasteiger partial charge in [-0.2, -0.15) is 5.10 Å². The number of nitrogens with one attached hydrogen (secondary N) is 1. The Morgan fingerprint density at radius 3 is 2.39 bits per heavy atom. The van der Waals surface area contributed by atoms with E-state index in [1.807, 2.05) is 0 Å². The number of carbonyl (C=O) groups is 1. The van der Waals surface area contributed by atoms with Gasteiger partial charge in [-0.15, -0.1) is 0 Å². The fourth-order valence-corrected chi connectivity index (χ4v) is 4.23. The van der Waals surface area contributed by atoms with Crippen molar-refractivity contribution in [1.29, 1.82) is 0 Å². The summed E-state index contributed by atoms with van der Waals surface area (Å²) in [6, 6.07) is 16.1. The van der Waals surface area contributed by atoms with E-state index in [9.17, 15) is 23.3 Å². The minimum atomic E-state index is -4.43. The van der Waals surface area contributed by atoms with Crippen LogP contribution in [0.25, 0.3) is 0 Å². The number of rotatable bonds is 8. The largest absolute Gasteiger partial charge is 0.289 e. The third kappa shape index (κ3) is 5.28. The van der Waals surface area contributed by atoms with E-state index in [2.05, 4.69) is 15.5 Å². The molecule has 1 aromatic heterocycles. The van der Waals surface area contributed by atoms with Gasteiger partial charge >= 0.3 is 0 Å². The third-order valence-electron chi connectivity index (χ3n) is 4.07. The SMILES string of the molecule is O=C(CN(c1ccccc1)S(=O)(=O)c1ccccc1[N+](=O)[O-])N/N=C\c1ccncc1. The fourth-order valence-electron chi connectivity index (χ4n) is 2.65. The van der Waals surface area contributed by atoms with E-state index in [-0.39, 0.29) is 5.69 Å². The Labute approximate surface area is 178 Å². The Balaban J connectivity index is 1.90. The summed E-state index contributed by atoms with van der Waals surface area (Å²) < 4.78 is 27.4. The van der Waals surface area contributed by atoms with Gasteiger partial charge in [0.2, 0.25) is 0 Å². The molecule has 0 saturated heterocycles. The predicted octanol–water partition coefficient (Wildman–Crippen LogP) is 2.34. The number of carbonyl (C=O) groups excluding carboxylic acids is 1. The van der Waals surface area contributed by atoms with Crippen molar-refractivity contribution in [3.63, 3.8) is 0 Å². The topological polar surface area (TPSA) is 135 Å². The second kappa shape index (κ2) is 9.59. The molecule has 0 aliphatic carbocycles. The van der Waals surface area contributed by atoms with Crippen molar-refractivity contribution in [1.82, 2.24) is 10.4 Å². The molecule has 1 amide bonds. The van der Waals surface area contributed by atoms with Crippen LogP contribution in [0.15, 0.2) is 89.1 Å². The maximum Gasteiger partial charge on any atom is 0.289 e. The highest BCUT2D eigenvalue weighted by Crippen LogP contribution is 2.29. The third-order valence-corrected chi connectivity index (χ3v) is 5.89. The quantitative estimate of drug-likeness (QED) is 0.325. The molecule has 0 unspecified atom stereocenters. The number of hydrazone groups is 1. The highest BCUT2D eigenvalue weighted by atomic mass is 32.2. The minimum Gasteiger partial charge on any atom is -0.271 e. The average Bonchev–Trinajstić information content (AvgIpc) is 2.78. The summed E-state index contributed by atoms with van der Waals surface area (Å²) in [7, 11) is -4.43. The molecule has 0 aliphatic rings.